The first-order valence-corrected chi connectivity index (χ1v) is 16.6. The number of rotatable bonds is 6. The highest BCUT2D eigenvalue weighted by Crippen LogP contribution is 2.53. The van der Waals surface area contributed by atoms with Crippen molar-refractivity contribution in [1.82, 2.24) is 35.2 Å². The van der Waals surface area contributed by atoms with Crippen molar-refractivity contribution in [1.29, 1.82) is 0 Å². The maximum atomic E-state index is 9.64. The molecular weight excluding hydrogens is 564 g/mol. The monoisotopic (exact) mass is 624 g/mol. The number of nitrogens with one attached hydrogen (secondary N) is 2. The number of carbonyl (C=O) groups is 1. The van der Waals surface area contributed by atoms with Crippen molar-refractivity contribution in [2.45, 2.75) is 124 Å². The van der Waals surface area contributed by atoms with Crippen LogP contribution in [0.5, 0.6) is 0 Å². The van der Waals surface area contributed by atoms with Crippen LogP contribution in [0.15, 0.2) is 12.3 Å². The minimum atomic E-state index is -0.0677. The van der Waals surface area contributed by atoms with Crippen LogP contribution >= 0.6 is 0 Å². The van der Waals surface area contributed by atoms with E-state index in [0.29, 0.717) is 17.4 Å². The smallest absolute Gasteiger partial charge is 0.293 e. The molecule has 3 aromatic heterocycles. The van der Waals surface area contributed by atoms with Gasteiger partial charge in [-0.05, 0) is 105 Å². The maximum Gasteiger partial charge on any atom is 0.293 e. The predicted octanol–water partition coefficient (Wildman–Crippen LogP) is 5.87. The third kappa shape index (κ3) is 7.88. The summed E-state index contributed by atoms with van der Waals surface area (Å²) < 4.78 is 8.94. The highest BCUT2D eigenvalue weighted by molar-refractivity contribution is 5.89. The molecule has 4 saturated carbocycles. The Bertz CT molecular complexity index is 1380. The Morgan fingerprint density at radius 2 is 1.64 bits per heavy atom. The molecule has 0 unspecified atom stereocenters. The fraction of sp³-hybridized carbons (Fsp3) is 0.714. The molecule has 10 nitrogen and oxygen atoms in total. The van der Waals surface area contributed by atoms with Gasteiger partial charge in [0.05, 0.1) is 23.0 Å². The lowest BCUT2D eigenvalue weighted by molar-refractivity contribution is -0.134. The van der Waals surface area contributed by atoms with E-state index < -0.39 is 0 Å². The van der Waals surface area contributed by atoms with Gasteiger partial charge in [0.1, 0.15) is 5.60 Å². The quantitative estimate of drug-likeness (QED) is 0.329. The fourth-order valence-electron chi connectivity index (χ4n) is 7.08. The van der Waals surface area contributed by atoms with E-state index in [0.717, 1.165) is 55.6 Å². The third-order valence-corrected chi connectivity index (χ3v) is 10.2. The third-order valence-electron chi connectivity index (χ3n) is 10.2. The van der Waals surface area contributed by atoms with E-state index in [9.17, 15) is 4.79 Å². The Balaban J connectivity index is 0.000000364. The molecule has 1 aliphatic heterocycles. The summed E-state index contributed by atoms with van der Waals surface area (Å²) in [6.45, 7) is 13.8. The van der Waals surface area contributed by atoms with Gasteiger partial charge in [0.25, 0.3) is 6.47 Å². The van der Waals surface area contributed by atoms with E-state index in [1.54, 1.807) is 0 Å². The van der Waals surface area contributed by atoms with Crippen molar-refractivity contribution in [3.8, 4) is 0 Å². The summed E-state index contributed by atoms with van der Waals surface area (Å²) in [6, 6.07) is 2.21. The largest absolute Gasteiger partial charge is 0.462 e. The molecule has 4 heterocycles. The van der Waals surface area contributed by atoms with Crippen molar-refractivity contribution in [3.63, 3.8) is 0 Å². The number of carbonyl (C=O) groups excluding carboxylic acids is 1. The fourth-order valence-corrected chi connectivity index (χ4v) is 7.08. The summed E-state index contributed by atoms with van der Waals surface area (Å²) in [6.07, 6.45) is 13.0. The van der Waals surface area contributed by atoms with Crippen LogP contribution < -0.4 is 15.5 Å². The number of anilines is 1. The minimum absolute atomic E-state index is 0. The van der Waals surface area contributed by atoms with Crippen molar-refractivity contribution in [2.75, 3.05) is 32.6 Å². The Hall–Kier alpha value is -2.98. The van der Waals surface area contributed by atoms with Crippen molar-refractivity contribution >= 4 is 23.2 Å². The molecule has 0 atom stereocenters. The van der Waals surface area contributed by atoms with E-state index in [4.69, 9.17) is 10.1 Å². The van der Waals surface area contributed by atoms with Crippen LogP contribution in [-0.2, 0) is 36.1 Å². The van der Waals surface area contributed by atoms with Crippen molar-refractivity contribution in [2.24, 2.45) is 12.5 Å². The number of ether oxygens (including phenoxy) is 1. The number of pyridine rings is 1. The van der Waals surface area contributed by atoms with E-state index in [1.165, 1.54) is 61.2 Å². The molecule has 2 N–H and O–H groups in total. The van der Waals surface area contributed by atoms with Gasteiger partial charge in [-0.25, -0.2) is 4.98 Å². The Kier molecular flexibility index (Phi) is 12.2. The van der Waals surface area contributed by atoms with Crippen LogP contribution in [0.4, 0.5) is 5.69 Å². The maximum absolute atomic E-state index is 9.64. The van der Waals surface area contributed by atoms with Gasteiger partial charge in [-0.15, -0.1) is 0 Å². The number of nitrogens with zero attached hydrogens (tertiary/aromatic N) is 6. The van der Waals surface area contributed by atoms with E-state index in [1.807, 2.05) is 52.8 Å². The second-order valence-corrected chi connectivity index (χ2v) is 13.3. The molecule has 0 spiro atoms. The number of aromatic nitrogens is 5. The van der Waals surface area contributed by atoms with Gasteiger partial charge in [-0.3, -0.25) is 14.2 Å². The van der Waals surface area contributed by atoms with Gasteiger partial charge in [-0.2, -0.15) is 10.2 Å². The molecule has 8 rings (SSSR count). The molecular formula is C35H60N8O2. The molecule has 45 heavy (non-hydrogen) atoms. The van der Waals surface area contributed by atoms with Crippen LogP contribution in [0.25, 0.3) is 11.0 Å². The summed E-state index contributed by atoms with van der Waals surface area (Å²) in [4.78, 5) is 16.8. The second kappa shape index (κ2) is 15.1. The van der Waals surface area contributed by atoms with E-state index in [-0.39, 0.29) is 13.0 Å². The number of hydrogen-bond donors (Lipinski definition) is 2. The lowest BCUT2D eigenvalue weighted by Gasteiger charge is -2.53. The molecule has 0 aromatic carbocycles. The molecule has 0 amide bonds. The van der Waals surface area contributed by atoms with Gasteiger partial charge < -0.3 is 20.3 Å². The van der Waals surface area contributed by atoms with Gasteiger partial charge in [-0.1, -0.05) is 21.3 Å². The molecule has 4 aliphatic carbocycles. The van der Waals surface area contributed by atoms with Crippen LogP contribution in [0, 0.1) is 19.3 Å². The van der Waals surface area contributed by atoms with Crippen LogP contribution in [0.2, 0.25) is 0 Å². The standard InChI is InChI=1S/C25H35N7.C5H8O2.C2H7N.C2H6.CH4/c1-17-13-22(19-14-27-30(4)23(19)28-17)31-12-5-21-20(15-31)18(2)29-32(21)16-24-6-9-25(26-3,10-7-24)11-8-24;1-5(2-3-5)7-4-6;1-3-2;1-2;/h13-14,26H,5-12,15-16H2,1-4H3;4H,2-3H2,1H3;3H,1-2H3;1-2H3;1H4. The van der Waals surface area contributed by atoms with Crippen molar-refractivity contribution < 1.29 is 9.53 Å². The van der Waals surface area contributed by atoms with Crippen LogP contribution in [0.1, 0.15) is 102 Å². The summed E-state index contributed by atoms with van der Waals surface area (Å²) in [5.74, 6) is 0. The zero-order valence-corrected chi connectivity index (χ0v) is 28.7. The van der Waals surface area contributed by atoms with Gasteiger partial charge in [0.15, 0.2) is 5.65 Å². The topological polar surface area (TPSA) is 102 Å². The lowest BCUT2D eigenvalue weighted by atomic mass is 9.57. The molecule has 4 fully saturated rings. The Morgan fingerprint density at radius 3 is 2.18 bits per heavy atom. The lowest BCUT2D eigenvalue weighted by Crippen LogP contribution is -2.54. The molecule has 10 heteroatoms. The minimum Gasteiger partial charge on any atom is -0.462 e. The first-order valence-electron chi connectivity index (χ1n) is 16.6. The molecule has 0 saturated heterocycles. The van der Waals surface area contributed by atoms with Crippen LogP contribution in [0.3, 0.4) is 0 Å². The summed E-state index contributed by atoms with van der Waals surface area (Å²) in [5.41, 5.74) is 8.15. The molecule has 0 radical (unpaired) electrons. The summed E-state index contributed by atoms with van der Waals surface area (Å²) >= 11 is 0. The first kappa shape index (κ1) is 36.5. The van der Waals surface area contributed by atoms with Gasteiger partial charge >= 0.3 is 0 Å². The van der Waals surface area contributed by atoms with Crippen molar-refractivity contribution in [3.05, 3.63) is 34.9 Å². The molecule has 5 aliphatic rings. The van der Waals surface area contributed by atoms with Gasteiger partial charge in [0.2, 0.25) is 0 Å². The average molecular weight is 625 g/mol. The number of fused-ring (bicyclic) bond motifs is 5. The number of aryl methyl sites for hydroxylation is 3. The number of hydrogen-bond acceptors (Lipinski definition) is 8. The second-order valence-electron chi connectivity index (χ2n) is 13.3. The van der Waals surface area contributed by atoms with Crippen LogP contribution in [-0.4, -0.2) is 69.8 Å². The molecule has 2 bridgehead atoms. The van der Waals surface area contributed by atoms with E-state index >= 15 is 0 Å². The van der Waals surface area contributed by atoms with Gasteiger partial charge in [0, 0.05) is 55.6 Å². The molecule has 3 aromatic rings. The first-order chi connectivity index (χ1) is 21.1. The normalized spacial score (nSPS) is 23.6. The molecule has 252 valence electrons. The highest BCUT2D eigenvalue weighted by Gasteiger charge is 2.48. The SMILES string of the molecule is C.CC.CC1(OC=O)CC1.CNC.CNC12CCC(Cn3nc(C)c4c3CCN(c3cc(C)nc5c3cnn5C)C4)(CC1)CC2. The summed E-state index contributed by atoms with van der Waals surface area (Å²) in [5, 5.41) is 17.1. The highest BCUT2D eigenvalue weighted by atomic mass is 16.5. The van der Waals surface area contributed by atoms with E-state index in [2.05, 4.69) is 57.0 Å². The zero-order valence-electron chi connectivity index (χ0n) is 28.7. The zero-order chi connectivity index (χ0) is 32.1. The average Bonchev–Trinajstić information content (AvgIpc) is 3.54. The summed E-state index contributed by atoms with van der Waals surface area (Å²) in [7, 11) is 7.87. The Labute approximate surface area is 271 Å². The Morgan fingerprint density at radius 1 is 1.02 bits per heavy atom. The predicted molar refractivity (Wildman–Crippen MR) is 185 cm³/mol.